The predicted molar refractivity (Wildman–Crippen MR) is 104 cm³/mol. The summed E-state index contributed by atoms with van der Waals surface area (Å²) in [5.74, 6) is -0.609. The summed E-state index contributed by atoms with van der Waals surface area (Å²) in [5, 5.41) is 7.16. The number of anilines is 1. The molecule has 2 N–H and O–H groups in total. The SMILES string of the molecule is COC(=O)c1ccnc2ccc(-c3nc(NC4CCNCC4)ncc3F)cc12. The summed E-state index contributed by atoms with van der Waals surface area (Å²) in [6, 6.07) is 7.01. The fraction of sp³-hybridized carbons (Fsp3) is 0.300. The second-order valence-corrected chi connectivity index (χ2v) is 6.64. The second kappa shape index (κ2) is 7.85. The lowest BCUT2D eigenvalue weighted by molar-refractivity contribution is 0.0603. The van der Waals surface area contributed by atoms with Crippen molar-refractivity contribution in [1.29, 1.82) is 0 Å². The summed E-state index contributed by atoms with van der Waals surface area (Å²) >= 11 is 0. The minimum absolute atomic E-state index is 0.174. The number of aromatic nitrogens is 3. The van der Waals surface area contributed by atoms with Crippen molar-refractivity contribution in [2.75, 3.05) is 25.5 Å². The number of benzene rings is 1. The first-order chi connectivity index (χ1) is 13.7. The van der Waals surface area contributed by atoms with Gasteiger partial charge >= 0.3 is 5.97 Å². The van der Waals surface area contributed by atoms with E-state index in [1.54, 1.807) is 30.5 Å². The number of esters is 1. The molecule has 0 radical (unpaired) electrons. The number of hydrogen-bond acceptors (Lipinski definition) is 7. The van der Waals surface area contributed by atoms with E-state index in [1.807, 2.05) is 0 Å². The van der Waals surface area contributed by atoms with Crippen molar-refractivity contribution in [3.8, 4) is 11.3 Å². The summed E-state index contributed by atoms with van der Waals surface area (Å²) < 4.78 is 19.3. The van der Waals surface area contributed by atoms with Gasteiger partial charge in [-0.2, -0.15) is 0 Å². The molecule has 3 heterocycles. The molecule has 0 saturated carbocycles. The molecule has 1 aliphatic rings. The molecule has 0 aliphatic carbocycles. The molecule has 1 saturated heterocycles. The molecule has 144 valence electrons. The normalized spacial score (nSPS) is 14.8. The van der Waals surface area contributed by atoms with E-state index in [0.29, 0.717) is 28.0 Å². The molecule has 28 heavy (non-hydrogen) atoms. The van der Waals surface area contributed by atoms with Crippen LogP contribution in [0.1, 0.15) is 23.2 Å². The van der Waals surface area contributed by atoms with Crippen molar-refractivity contribution < 1.29 is 13.9 Å². The van der Waals surface area contributed by atoms with E-state index in [4.69, 9.17) is 4.74 Å². The first-order valence-corrected chi connectivity index (χ1v) is 9.13. The fourth-order valence-electron chi connectivity index (χ4n) is 3.37. The van der Waals surface area contributed by atoms with Crippen LogP contribution in [0.15, 0.2) is 36.7 Å². The van der Waals surface area contributed by atoms with Crippen LogP contribution in [0.3, 0.4) is 0 Å². The predicted octanol–water partition coefficient (Wildman–Crippen LogP) is 2.78. The Morgan fingerprint density at radius 2 is 2.07 bits per heavy atom. The highest BCUT2D eigenvalue weighted by Crippen LogP contribution is 2.27. The minimum Gasteiger partial charge on any atom is -0.465 e. The van der Waals surface area contributed by atoms with Gasteiger partial charge in [-0.25, -0.2) is 19.2 Å². The van der Waals surface area contributed by atoms with E-state index in [0.717, 1.165) is 25.9 Å². The number of fused-ring (bicyclic) bond motifs is 1. The van der Waals surface area contributed by atoms with Gasteiger partial charge in [0.2, 0.25) is 5.95 Å². The Labute approximate surface area is 161 Å². The maximum Gasteiger partial charge on any atom is 0.338 e. The molecule has 3 aromatic rings. The molecule has 0 bridgehead atoms. The average Bonchev–Trinajstić information content (AvgIpc) is 2.74. The van der Waals surface area contributed by atoms with Crippen LogP contribution in [-0.4, -0.2) is 47.2 Å². The van der Waals surface area contributed by atoms with Crippen molar-refractivity contribution in [3.63, 3.8) is 0 Å². The number of nitrogens with zero attached hydrogens (tertiary/aromatic N) is 3. The number of piperidine rings is 1. The zero-order valence-corrected chi connectivity index (χ0v) is 15.4. The van der Waals surface area contributed by atoms with Crippen molar-refractivity contribution in [2.24, 2.45) is 0 Å². The van der Waals surface area contributed by atoms with Gasteiger partial charge in [0.15, 0.2) is 5.82 Å². The summed E-state index contributed by atoms with van der Waals surface area (Å²) in [4.78, 5) is 24.8. The van der Waals surface area contributed by atoms with Crippen LogP contribution < -0.4 is 10.6 Å². The van der Waals surface area contributed by atoms with Gasteiger partial charge in [-0.15, -0.1) is 0 Å². The Morgan fingerprint density at radius 1 is 1.25 bits per heavy atom. The molecule has 1 aromatic carbocycles. The van der Waals surface area contributed by atoms with E-state index in [2.05, 4.69) is 25.6 Å². The molecule has 7 nitrogen and oxygen atoms in total. The number of nitrogens with one attached hydrogen (secondary N) is 2. The number of rotatable bonds is 4. The molecule has 8 heteroatoms. The number of ether oxygens (including phenoxy) is 1. The van der Waals surface area contributed by atoms with Crippen molar-refractivity contribution >= 4 is 22.8 Å². The maximum atomic E-state index is 14.5. The molecular formula is C20H20FN5O2. The van der Waals surface area contributed by atoms with Gasteiger partial charge in [0.05, 0.1) is 24.4 Å². The zero-order chi connectivity index (χ0) is 19.5. The van der Waals surface area contributed by atoms with Gasteiger partial charge in [0.25, 0.3) is 0 Å². The number of hydrogen-bond donors (Lipinski definition) is 2. The highest BCUT2D eigenvalue weighted by atomic mass is 19.1. The third kappa shape index (κ3) is 3.63. The number of methoxy groups -OCH3 is 1. The maximum absolute atomic E-state index is 14.5. The Hall–Kier alpha value is -3.13. The van der Waals surface area contributed by atoms with E-state index in [1.165, 1.54) is 13.3 Å². The van der Waals surface area contributed by atoms with Gasteiger partial charge in [-0.05, 0) is 44.1 Å². The highest BCUT2D eigenvalue weighted by molar-refractivity contribution is 6.04. The van der Waals surface area contributed by atoms with Crippen LogP contribution >= 0.6 is 0 Å². The number of halogens is 1. The van der Waals surface area contributed by atoms with Crippen LogP contribution in [0, 0.1) is 5.82 Å². The molecule has 1 aliphatic heterocycles. The van der Waals surface area contributed by atoms with Gasteiger partial charge in [0, 0.05) is 23.2 Å². The molecule has 0 amide bonds. The largest absolute Gasteiger partial charge is 0.465 e. The van der Waals surface area contributed by atoms with E-state index < -0.39 is 11.8 Å². The summed E-state index contributed by atoms with van der Waals surface area (Å²) in [5.41, 5.74) is 1.71. The number of carbonyl (C=O) groups is 1. The molecule has 0 atom stereocenters. The number of carbonyl (C=O) groups excluding carboxylic acids is 1. The standard InChI is InChI=1S/C20H20FN5O2/c1-28-19(27)14-6-9-23-17-3-2-12(10-15(14)17)18-16(21)11-24-20(26-18)25-13-4-7-22-8-5-13/h2-3,6,9-11,13,22H,4-5,7-8H2,1H3,(H,24,25,26). The Balaban J connectivity index is 1.72. The topological polar surface area (TPSA) is 89.0 Å². The van der Waals surface area contributed by atoms with Crippen LogP contribution in [0.25, 0.3) is 22.2 Å². The van der Waals surface area contributed by atoms with Crippen LogP contribution in [0.5, 0.6) is 0 Å². The lowest BCUT2D eigenvalue weighted by Gasteiger charge is -2.23. The van der Waals surface area contributed by atoms with Crippen molar-refractivity contribution in [3.05, 3.63) is 48.0 Å². The monoisotopic (exact) mass is 381 g/mol. The number of pyridine rings is 1. The summed E-state index contributed by atoms with van der Waals surface area (Å²) in [7, 11) is 1.32. The highest BCUT2D eigenvalue weighted by Gasteiger charge is 2.17. The van der Waals surface area contributed by atoms with Crippen LogP contribution in [0.2, 0.25) is 0 Å². The summed E-state index contributed by atoms with van der Waals surface area (Å²) in [6.07, 6.45) is 4.63. The van der Waals surface area contributed by atoms with Gasteiger partial charge in [-0.1, -0.05) is 6.07 Å². The minimum atomic E-state index is -0.529. The van der Waals surface area contributed by atoms with E-state index in [-0.39, 0.29) is 11.7 Å². The molecule has 2 aromatic heterocycles. The Morgan fingerprint density at radius 3 is 2.86 bits per heavy atom. The van der Waals surface area contributed by atoms with Crippen molar-refractivity contribution in [2.45, 2.75) is 18.9 Å². The van der Waals surface area contributed by atoms with E-state index in [9.17, 15) is 9.18 Å². The molecule has 0 unspecified atom stereocenters. The van der Waals surface area contributed by atoms with Gasteiger partial charge in [0.1, 0.15) is 5.69 Å². The quantitative estimate of drug-likeness (QED) is 0.672. The lowest BCUT2D eigenvalue weighted by atomic mass is 10.0. The Kier molecular flexibility index (Phi) is 5.12. The van der Waals surface area contributed by atoms with Crippen LogP contribution in [-0.2, 0) is 4.74 Å². The molecule has 1 fully saturated rings. The van der Waals surface area contributed by atoms with Crippen LogP contribution in [0.4, 0.5) is 10.3 Å². The first-order valence-electron chi connectivity index (χ1n) is 9.13. The smallest absolute Gasteiger partial charge is 0.338 e. The average molecular weight is 381 g/mol. The zero-order valence-electron chi connectivity index (χ0n) is 15.4. The third-order valence-electron chi connectivity index (χ3n) is 4.84. The van der Waals surface area contributed by atoms with Crippen molar-refractivity contribution in [1.82, 2.24) is 20.3 Å². The second-order valence-electron chi connectivity index (χ2n) is 6.64. The Bertz CT molecular complexity index is 1020. The lowest BCUT2D eigenvalue weighted by Crippen LogP contribution is -2.35. The van der Waals surface area contributed by atoms with Gasteiger partial charge < -0.3 is 15.4 Å². The first kappa shape index (κ1) is 18.2. The molecule has 0 spiro atoms. The summed E-state index contributed by atoms with van der Waals surface area (Å²) in [6.45, 7) is 1.86. The van der Waals surface area contributed by atoms with Gasteiger partial charge in [-0.3, -0.25) is 4.98 Å². The fourth-order valence-corrected chi connectivity index (χ4v) is 3.37. The van der Waals surface area contributed by atoms with E-state index >= 15 is 0 Å². The third-order valence-corrected chi connectivity index (χ3v) is 4.84. The molecular weight excluding hydrogens is 361 g/mol. The molecule has 4 rings (SSSR count).